The van der Waals surface area contributed by atoms with E-state index in [0.29, 0.717) is 16.9 Å². The molecule has 0 heterocycles. The zero-order chi connectivity index (χ0) is 15.2. The lowest BCUT2D eigenvalue weighted by molar-refractivity contribution is 0.286. The van der Waals surface area contributed by atoms with Crippen LogP contribution in [-0.4, -0.2) is 7.11 Å². The number of hydrogen-bond donors (Lipinski definition) is 1. The number of benzene rings is 2. The minimum atomic E-state index is -0.446. The van der Waals surface area contributed by atoms with E-state index in [0.717, 1.165) is 5.56 Å². The van der Waals surface area contributed by atoms with Crippen LogP contribution in [0.15, 0.2) is 36.4 Å². The average Bonchev–Trinajstić information content (AvgIpc) is 2.53. The third kappa shape index (κ3) is 3.30. The highest BCUT2D eigenvalue weighted by Crippen LogP contribution is 2.25. The van der Waals surface area contributed by atoms with Crippen LogP contribution in [0, 0.1) is 17.1 Å². The Hall–Kier alpha value is -2.58. The van der Waals surface area contributed by atoms with Crippen LogP contribution in [0.4, 0.5) is 4.39 Å². The summed E-state index contributed by atoms with van der Waals surface area (Å²) >= 11 is 0. The molecule has 2 aromatic carbocycles. The van der Waals surface area contributed by atoms with Crippen molar-refractivity contribution < 1.29 is 13.9 Å². The SMILES string of the molecule is COc1cc(COc2c(F)cccc2CN)ccc1C#N. The minimum absolute atomic E-state index is 0.156. The predicted molar refractivity (Wildman–Crippen MR) is 76.3 cm³/mol. The van der Waals surface area contributed by atoms with Crippen LogP contribution in [0.1, 0.15) is 16.7 Å². The molecule has 0 amide bonds. The topological polar surface area (TPSA) is 68.3 Å². The van der Waals surface area contributed by atoms with Gasteiger partial charge >= 0.3 is 0 Å². The van der Waals surface area contributed by atoms with Crippen LogP contribution in [0.3, 0.4) is 0 Å². The second-order valence-electron chi connectivity index (χ2n) is 4.37. The van der Waals surface area contributed by atoms with E-state index in [-0.39, 0.29) is 18.9 Å². The summed E-state index contributed by atoms with van der Waals surface area (Å²) < 4.78 is 24.4. The van der Waals surface area contributed by atoms with Gasteiger partial charge in [-0.3, -0.25) is 0 Å². The Morgan fingerprint density at radius 1 is 1.29 bits per heavy atom. The Bertz CT molecular complexity index is 680. The van der Waals surface area contributed by atoms with Crippen LogP contribution >= 0.6 is 0 Å². The zero-order valence-corrected chi connectivity index (χ0v) is 11.6. The number of ether oxygens (including phenoxy) is 2. The third-order valence-corrected chi connectivity index (χ3v) is 3.04. The number of nitrogens with zero attached hydrogens (tertiary/aromatic N) is 1. The fourth-order valence-corrected chi connectivity index (χ4v) is 1.95. The highest BCUT2D eigenvalue weighted by molar-refractivity contribution is 5.45. The van der Waals surface area contributed by atoms with Crippen molar-refractivity contribution in [2.45, 2.75) is 13.2 Å². The molecule has 0 radical (unpaired) electrons. The summed E-state index contributed by atoms with van der Waals surface area (Å²) in [6.07, 6.45) is 0. The fraction of sp³-hybridized carbons (Fsp3) is 0.188. The van der Waals surface area contributed by atoms with E-state index in [2.05, 4.69) is 0 Å². The lowest BCUT2D eigenvalue weighted by Crippen LogP contribution is -2.05. The number of para-hydroxylation sites is 1. The molecule has 5 heteroatoms. The number of halogens is 1. The molecule has 0 aliphatic heterocycles. The minimum Gasteiger partial charge on any atom is -0.495 e. The molecule has 0 aliphatic carbocycles. The molecule has 0 bridgehead atoms. The van der Waals surface area contributed by atoms with Gasteiger partial charge in [-0.2, -0.15) is 5.26 Å². The van der Waals surface area contributed by atoms with Gasteiger partial charge in [0.15, 0.2) is 11.6 Å². The standard InChI is InChI=1S/C16H15FN2O2/c1-20-15-7-11(5-6-12(15)8-18)10-21-16-13(9-19)3-2-4-14(16)17/h2-7H,9-10,19H2,1H3. The molecule has 2 N–H and O–H groups in total. The second-order valence-corrected chi connectivity index (χ2v) is 4.37. The van der Waals surface area contributed by atoms with Crippen LogP contribution in [0.25, 0.3) is 0 Å². The van der Waals surface area contributed by atoms with Gasteiger partial charge in [0.2, 0.25) is 0 Å². The van der Waals surface area contributed by atoms with Gasteiger partial charge < -0.3 is 15.2 Å². The fourth-order valence-electron chi connectivity index (χ4n) is 1.95. The zero-order valence-electron chi connectivity index (χ0n) is 11.6. The Kier molecular flexibility index (Phi) is 4.75. The predicted octanol–water partition coefficient (Wildman–Crippen LogP) is 2.74. The van der Waals surface area contributed by atoms with Crippen LogP contribution in [0.2, 0.25) is 0 Å². The first-order chi connectivity index (χ1) is 10.2. The maximum atomic E-state index is 13.8. The Morgan fingerprint density at radius 3 is 2.76 bits per heavy atom. The number of rotatable bonds is 5. The maximum Gasteiger partial charge on any atom is 0.165 e. The molecule has 108 valence electrons. The summed E-state index contributed by atoms with van der Waals surface area (Å²) in [7, 11) is 1.49. The van der Waals surface area contributed by atoms with E-state index in [9.17, 15) is 4.39 Å². The molecule has 0 saturated heterocycles. The molecule has 0 unspecified atom stereocenters. The summed E-state index contributed by atoms with van der Waals surface area (Å²) in [5, 5.41) is 8.93. The highest BCUT2D eigenvalue weighted by atomic mass is 19.1. The Morgan fingerprint density at radius 2 is 2.10 bits per heavy atom. The maximum absolute atomic E-state index is 13.8. The molecule has 2 aromatic rings. The molecule has 4 nitrogen and oxygen atoms in total. The smallest absolute Gasteiger partial charge is 0.165 e. The van der Waals surface area contributed by atoms with Gasteiger partial charge in [0.1, 0.15) is 18.4 Å². The van der Waals surface area contributed by atoms with Gasteiger partial charge in [-0.25, -0.2) is 4.39 Å². The first-order valence-corrected chi connectivity index (χ1v) is 6.37. The molecule has 0 spiro atoms. The van der Waals surface area contributed by atoms with Gasteiger partial charge in [-0.05, 0) is 23.8 Å². The molecule has 2 rings (SSSR count). The van der Waals surface area contributed by atoms with Crippen molar-refractivity contribution in [3.63, 3.8) is 0 Å². The molecule has 21 heavy (non-hydrogen) atoms. The molecular weight excluding hydrogens is 271 g/mol. The molecule has 0 saturated carbocycles. The van der Waals surface area contributed by atoms with Gasteiger partial charge in [0.05, 0.1) is 12.7 Å². The summed E-state index contributed by atoms with van der Waals surface area (Å²) in [6.45, 7) is 0.361. The quantitative estimate of drug-likeness (QED) is 0.917. The second kappa shape index (κ2) is 6.73. The van der Waals surface area contributed by atoms with E-state index in [1.165, 1.54) is 13.2 Å². The summed E-state index contributed by atoms with van der Waals surface area (Å²) in [5.41, 5.74) is 7.39. The van der Waals surface area contributed by atoms with Gasteiger partial charge in [0.25, 0.3) is 0 Å². The lowest BCUT2D eigenvalue weighted by Gasteiger charge is -2.12. The van der Waals surface area contributed by atoms with E-state index in [1.54, 1.807) is 30.3 Å². The number of methoxy groups -OCH3 is 1. The van der Waals surface area contributed by atoms with Gasteiger partial charge in [0, 0.05) is 12.1 Å². The van der Waals surface area contributed by atoms with E-state index >= 15 is 0 Å². The van der Waals surface area contributed by atoms with Crippen molar-refractivity contribution in [3.05, 3.63) is 58.9 Å². The first-order valence-electron chi connectivity index (χ1n) is 6.37. The monoisotopic (exact) mass is 286 g/mol. The molecular formula is C16H15FN2O2. The van der Waals surface area contributed by atoms with E-state index < -0.39 is 5.82 Å². The highest BCUT2D eigenvalue weighted by Gasteiger charge is 2.10. The average molecular weight is 286 g/mol. The number of nitrogens with two attached hydrogens (primary N) is 1. The van der Waals surface area contributed by atoms with E-state index in [4.69, 9.17) is 20.5 Å². The van der Waals surface area contributed by atoms with Gasteiger partial charge in [-0.15, -0.1) is 0 Å². The largest absolute Gasteiger partial charge is 0.495 e. The Labute approximate surface area is 122 Å². The van der Waals surface area contributed by atoms with Crippen molar-refractivity contribution >= 4 is 0 Å². The van der Waals surface area contributed by atoms with E-state index in [1.807, 2.05) is 6.07 Å². The van der Waals surface area contributed by atoms with Crippen LogP contribution in [-0.2, 0) is 13.2 Å². The van der Waals surface area contributed by atoms with Crippen LogP contribution in [0.5, 0.6) is 11.5 Å². The number of nitriles is 1. The summed E-state index contributed by atoms with van der Waals surface area (Å²) in [4.78, 5) is 0. The van der Waals surface area contributed by atoms with Crippen molar-refractivity contribution in [1.82, 2.24) is 0 Å². The van der Waals surface area contributed by atoms with Crippen molar-refractivity contribution in [2.75, 3.05) is 7.11 Å². The van der Waals surface area contributed by atoms with Crippen molar-refractivity contribution in [3.8, 4) is 17.6 Å². The summed E-state index contributed by atoms with van der Waals surface area (Å²) in [5.74, 6) is 0.174. The number of hydrogen-bond acceptors (Lipinski definition) is 4. The third-order valence-electron chi connectivity index (χ3n) is 3.04. The molecule has 0 aromatic heterocycles. The summed E-state index contributed by atoms with van der Waals surface area (Å²) in [6, 6.07) is 11.7. The van der Waals surface area contributed by atoms with Crippen molar-refractivity contribution in [2.24, 2.45) is 5.73 Å². The van der Waals surface area contributed by atoms with Gasteiger partial charge in [-0.1, -0.05) is 18.2 Å². The Balaban J connectivity index is 2.19. The lowest BCUT2D eigenvalue weighted by atomic mass is 10.1. The first kappa shape index (κ1) is 14.8. The van der Waals surface area contributed by atoms with Crippen molar-refractivity contribution in [1.29, 1.82) is 5.26 Å². The normalized spacial score (nSPS) is 10.0. The molecule has 0 atom stereocenters. The molecule has 0 aliphatic rings. The van der Waals surface area contributed by atoms with Crippen LogP contribution < -0.4 is 15.2 Å². The molecule has 0 fully saturated rings.